The minimum absolute atomic E-state index is 0.0159. The van der Waals surface area contributed by atoms with Gasteiger partial charge in [-0.3, -0.25) is 4.79 Å². The highest BCUT2D eigenvalue weighted by Crippen LogP contribution is 2.19. The van der Waals surface area contributed by atoms with E-state index in [0.29, 0.717) is 6.42 Å². The second kappa shape index (κ2) is 10.4. The van der Waals surface area contributed by atoms with Crippen molar-refractivity contribution >= 4 is 5.97 Å². The van der Waals surface area contributed by atoms with Gasteiger partial charge in [-0.05, 0) is 25.7 Å². The summed E-state index contributed by atoms with van der Waals surface area (Å²) in [5.41, 5.74) is 0. The van der Waals surface area contributed by atoms with Crippen LogP contribution in [0.25, 0.3) is 0 Å². The van der Waals surface area contributed by atoms with Crippen molar-refractivity contribution in [2.75, 3.05) is 0 Å². The van der Waals surface area contributed by atoms with Crippen molar-refractivity contribution in [3.63, 3.8) is 0 Å². The van der Waals surface area contributed by atoms with Crippen LogP contribution in [0.4, 0.5) is 0 Å². The molecule has 0 aromatic carbocycles. The van der Waals surface area contributed by atoms with Gasteiger partial charge in [-0.2, -0.15) is 0 Å². The van der Waals surface area contributed by atoms with E-state index in [2.05, 4.69) is 6.92 Å². The maximum Gasteiger partial charge on any atom is 0.306 e. The summed E-state index contributed by atoms with van der Waals surface area (Å²) in [6.45, 7) is 2.26. The Balaban J connectivity index is 1.82. The molecule has 0 N–H and O–H groups in total. The maximum absolute atomic E-state index is 11.1. The Kier molecular flexibility index (Phi) is 8.97. The van der Waals surface area contributed by atoms with Gasteiger partial charge in [-0.15, -0.1) is 0 Å². The van der Waals surface area contributed by atoms with Gasteiger partial charge in [-0.25, -0.2) is 0 Å². The number of carbonyl (C=O) groups is 1. The lowest BCUT2D eigenvalue weighted by molar-refractivity contribution is -0.154. The molecule has 0 aliphatic carbocycles. The van der Waals surface area contributed by atoms with Crippen LogP contribution in [0, 0.1) is 0 Å². The molecule has 2 nitrogen and oxygen atoms in total. The average Bonchev–Trinajstić information content (AvgIpc) is 2.37. The Morgan fingerprint density at radius 3 is 2.22 bits per heavy atom. The Hall–Kier alpha value is -0.530. The van der Waals surface area contributed by atoms with E-state index in [1.54, 1.807) is 0 Å². The van der Waals surface area contributed by atoms with Crippen LogP contribution in [0.1, 0.15) is 90.4 Å². The van der Waals surface area contributed by atoms with E-state index in [-0.39, 0.29) is 12.1 Å². The lowest BCUT2D eigenvalue weighted by Gasteiger charge is -2.21. The number of ether oxygens (including phenoxy) is 1. The van der Waals surface area contributed by atoms with Crippen LogP contribution in [-0.4, -0.2) is 12.1 Å². The second-order valence-electron chi connectivity index (χ2n) is 5.62. The molecule has 2 heteroatoms. The summed E-state index contributed by atoms with van der Waals surface area (Å²) >= 11 is 0. The van der Waals surface area contributed by atoms with Crippen molar-refractivity contribution in [1.29, 1.82) is 0 Å². The summed E-state index contributed by atoms with van der Waals surface area (Å²) in [7, 11) is 0. The smallest absolute Gasteiger partial charge is 0.306 e. The fourth-order valence-corrected chi connectivity index (χ4v) is 2.66. The lowest BCUT2D eigenvalue weighted by atomic mass is 10.0. The van der Waals surface area contributed by atoms with Crippen molar-refractivity contribution in [1.82, 2.24) is 0 Å². The summed E-state index contributed by atoms with van der Waals surface area (Å²) in [6, 6.07) is 0. The molecule has 1 atom stereocenters. The molecular formula is C16H30O2. The first-order chi connectivity index (χ1) is 8.83. The van der Waals surface area contributed by atoms with E-state index in [9.17, 15) is 4.79 Å². The third-order valence-electron chi connectivity index (χ3n) is 3.83. The van der Waals surface area contributed by atoms with Crippen LogP contribution in [0.2, 0.25) is 0 Å². The Morgan fingerprint density at radius 1 is 1.00 bits per heavy atom. The molecule has 1 heterocycles. The van der Waals surface area contributed by atoms with Crippen LogP contribution >= 0.6 is 0 Å². The van der Waals surface area contributed by atoms with Gasteiger partial charge in [0.1, 0.15) is 6.10 Å². The lowest BCUT2D eigenvalue weighted by Crippen LogP contribution is -2.23. The number of rotatable bonds is 10. The number of carbonyl (C=O) groups excluding carboxylic acids is 1. The van der Waals surface area contributed by atoms with Gasteiger partial charge in [0.2, 0.25) is 0 Å². The molecular weight excluding hydrogens is 224 g/mol. The first kappa shape index (κ1) is 15.5. The second-order valence-corrected chi connectivity index (χ2v) is 5.62. The predicted molar refractivity (Wildman–Crippen MR) is 75.6 cm³/mol. The van der Waals surface area contributed by atoms with Crippen molar-refractivity contribution in [2.24, 2.45) is 0 Å². The van der Waals surface area contributed by atoms with Crippen LogP contribution in [0.5, 0.6) is 0 Å². The molecule has 1 aliphatic heterocycles. The van der Waals surface area contributed by atoms with Crippen molar-refractivity contribution < 1.29 is 9.53 Å². The molecule has 0 aromatic rings. The van der Waals surface area contributed by atoms with Gasteiger partial charge in [0.15, 0.2) is 0 Å². The fraction of sp³-hybridized carbons (Fsp3) is 0.938. The number of hydrogen-bond acceptors (Lipinski definition) is 2. The van der Waals surface area contributed by atoms with E-state index < -0.39 is 0 Å². The molecule has 1 fully saturated rings. The molecule has 1 aliphatic rings. The van der Waals surface area contributed by atoms with Crippen LogP contribution < -0.4 is 0 Å². The van der Waals surface area contributed by atoms with E-state index in [0.717, 1.165) is 19.3 Å². The SMILES string of the molecule is CCCCCCCCCCCC1CCCC(=O)O1. The minimum atomic E-state index is 0.0159. The third-order valence-corrected chi connectivity index (χ3v) is 3.83. The monoisotopic (exact) mass is 254 g/mol. The molecule has 0 saturated carbocycles. The molecule has 0 spiro atoms. The quantitative estimate of drug-likeness (QED) is 0.405. The highest BCUT2D eigenvalue weighted by molar-refractivity contribution is 5.70. The van der Waals surface area contributed by atoms with Crippen molar-refractivity contribution in [2.45, 2.75) is 96.5 Å². The van der Waals surface area contributed by atoms with Crippen molar-refractivity contribution in [3.8, 4) is 0 Å². The zero-order valence-corrected chi connectivity index (χ0v) is 12.1. The molecule has 0 amide bonds. The number of cyclic esters (lactones) is 1. The average molecular weight is 254 g/mol. The summed E-state index contributed by atoms with van der Waals surface area (Å²) in [5.74, 6) is 0.0159. The third kappa shape index (κ3) is 7.73. The zero-order chi connectivity index (χ0) is 13.1. The Morgan fingerprint density at radius 2 is 1.61 bits per heavy atom. The molecule has 0 bridgehead atoms. The van der Waals surface area contributed by atoms with Crippen LogP contribution in [-0.2, 0) is 9.53 Å². The molecule has 1 unspecified atom stereocenters. The van der Waals surface area contributed by atoms with Gasteiger partial charge in [0.25, 0.3) is 0 Å². The fourth-order valence-electron chi connectivity index (χ4n) is 2.66. The predicted octanol–water partition coefficient (Wildman–Crippen LogP) is 5.00. The van der Waals surface area contributed by atoms with Crippen LogP contribution in [0.15, 0.2) is 0 Å². The standard InChI is InChI=1S/C16H30O2/c1-2-3-4-5-6-7-8-9-10-12-15-13-11-14-16(17)18-15/h15H,2-14H2,1H3. The van der Waals surface area contributed by atoms with E-state index in [1.165, 1.54) is 57.8 Å². The largest absolute Gasteiger partial charge is 0.462 e. The summed E-state index contributed by atoms with van der Waals surface area (Å²) in [4.78, 5) is 11.1. The summed E-state index contributed by atoms with van der Waals surface area (Å²) in [5, 5.41) is 0. The molecule has 1 rings (SSSR count). The van der Waals surface area contributed by atoms with Gasteiger partial charge in [0.05, 0.1) is 0 Å². The molecule has 0 radical (unpaired) electrons. The summed E-state index contributed by atoms with van der Waals surface area (Å²) < 4.78 is 5.32. The number of unbranched alkanes of at least 4 members (excludes halogenated alkanes) is 8. The number of hydrogen-bond donors (Lipinski definition) is 0. The molecule has 0 aromatic heterocycles. The van der Waals surface area contributed by atoms with Crippen LogP contribution in [0.3, 0.4) is 0 Å². The molecule has 106 valence electrons. The molecule has 18 heavy (non-hydrogen) atoms. The Labute approximate surface area is 112 Å². The number of esters is 1. The zero-order valence-electron chi connectivity index (χ0n) is 12.1. The van der Waals surface area contributed by atoms with Gasteiger partial charge in [0, 0.05) is 6.42 Å². The van der Waals surface area contributed by atoms with E-state index in [1.807, 2.05) is 0 Å². The van der Waals surface area contributed by atoms with Crippen molar-refractivity contribution in [3.05, 3.63) is 0 Å². The first-order valence-corrected chi connectivity index (χ1v) is 8.02. The van der Waals surface area contributed by atoms with Gasteiger partial charge < -0.3 is 4.74 Å². The highest BCUT2D eigenvalue weighted by atomic mass is 16.5. The van der Waals surface area contributed by atoms with E-state index in [4.69, 9.17) is 4.74 Å². The van der Waals surface area contributed by atoms with Gasteiger partial charge in [-0.1, -0.05) is 58.3 Å². The summed E-state index contributed by atoms with van der Waals surface area (Å²) in [6.07, 6.45) is 16.3. The Bertz CT molecular complexity index is 213. The van der Waals surface area contributed by atoms with Gasteiger partial charge >= 0.3 is 5.97 Å². The van der Waals surface area contributed by atoms with E-state index >= 15 is 0 Å². The molecule has 1 saturated heterocycles. The first-order valence-electron chi connectivity index (χ1n) is 8.02. The normalized spacial score (nSPS) is 19.8. The topological polar surface area (TPSA) is 26.3 Å². The minimum Gasteiger partial charge on any atom is -0.462 e. The maximum atomic E-state index is 11.1. The highest BCUT2D eigenvalue weighted by Gasteiger charge is 2.19.